The number of carbonyl (C=O) groups is 1. The summed E-state index contributed by atoms with van der Waals surface area (Å²) < 4.78 is 11.5. The smallest absolute Gasteiger partial charge is 0.322 e. The molecule has 3 aromatic carbocycles. The molecule has 1 heterocycles. The molecule has 0 radical (unpaired) electrons. The van der Waals surface area contributed by atoms with Crippen LogP contribution in [0.2, 0.25) is 0 Å². The number of thioether (sulfide) groups is 1. The Bertz CT molecular complexity index is 1130. The lowest BCUT2D eigenvalue weighted by Gasteiger charge is -2.10. The summed E-state index contributed by atoms with van der Waals surface area (Å²) in [6, 6.07) is 24.0. The SMILES string of the molecule is CSc1ccccc1-c1nnc(NC(=O)c2ccccc2Oc2ccccc2)o1. The molecular weight excluding hydrogens is 386 g/mol. The Morgan fingerprint density at radius 2 is 1.66 bits per heavy atom. The molecule has 1 amide bonds. The average molecular weight is 403 g/mol. The highest BCUT2D eigenvalue weighted by atomic mass is 32.2. The molecule has 6 nitrogen and oxygen atoms in total. The van der Waals surface area contributed by atoms with Crippen LogP contribution in [0.15, 0.2) is 88.2 Å². The molecule has 4 rings (SSSR count). The zero-order valence-electron chi connectivity index (χ0n) is 15.5. The van der Waals surface area contributed by atoms with Crippen molar-refractivity contribution in [2.24, 2.45) is 0 Å². The number of para-hydroxylation sites is 2. The molecule has 0 aliphatic heterocycles. The first-order chi connectivity index (χ1) is 14.2. The van der Waals surface area contributed by atoms with Crippen LogP contribution in [0, 0.1) is 0 Å². The van der Waals surface area contributed by atoms with Crippen molar-refractivity contribution in [3.05, 3.63) is 84.4 Å². The topological polar surface area (TPSA) is 77.2 Å². The molecule has 7 heteroatoms. The minimum absolute atomic E-state index is 0.0235. The molecule has 0 aliphatic carbocycles. The van der Waals surface area contributed by atoms with E-state index >= 15 is 0 Å². The third-order valence-electron chi connectivity index (χ3n) is 4.09. The van der Waals surface area contributed by atoms with E-state index in [4.69, 9.17) is 9.15 Å². The number of aromatic nitrogens is 2. The number of nitrogens with one attached hydrogen (secondary N) is 1. The number of anilines is 1. The van der Waals surface area contributed by atoms with E-state index in [0.29, 0.717) is 23.0 Å². The highest BCUT2D eigenvalue weighted by Gasteiger charge is 2.17. The summed E-state index contributed by atoms with van der Waals surface area (Å²) in [5.41, 5.74) is 1.18. The Morgan fingerprint density at radius 3 is 2.48 bits per heavy atom. The first-order valence-corrected chi connectivity index (χ1v) is 10.1. The second-order valence-electron chi connectivity index (χ2n) is 5.98. The summed E-state index contributed by atoms with van der Waals surface area (Å²) in [5, 5.41) is 10.7. The van der Waals surface area contributed by atoms with Gasteiger partial charge in [0.15, 0.2) is 0 Å². The van der Waals surface area contributed by atoms with Crippen LogP contribution < -0.4 is 10.1 Å². The van der Waals surface area contributed by atoms with Crippen molar-refractivity contribution in [3.63, 3.8) is 0 Å². The van der Waals surface area contributed by atoms with Gasteiger partial charge in [-0.1, -0.05) is 47.6 Å². The van der Waals surface area contributed by atoms with Crippen LogP contribution in [0.5, 0.6) is 11.5 Å². The van der Waals surface area contributed by atoms with Gasteiger partial charge in [-0.2, -0.15) is 0 Å². The molecule has 0 saturated carbocycles. The fourth-order valence-corrected chi connectivity index (χ4v) is 3.32. The first-order valence-electron chi connectivity index (χ1n) is 8.85. The van der Waals surface area contributed by atoms with Crippen LogP contribution in [0.25, 0.3) is 11.5 Å². The summed E-state index contributed by atoms with van der Waals surface area (Å²) in [5.74, 6) is 1.02. The highest BCUT2D eigenvalue weighted by Crippen LogP contribution is 2.30. The van der Waals surface area contributed by atoms with E-state index in [1.165, 1.54) is 0 Å². The Balaban J connectivity index is 1.54. The molecule has 0 atom stereocenters. The van der Waals surface area contributed by atoms with E-state index in [-0.39, 0.29) is 6.01 Å². The summed E-state index contributed by atoms with van der Waals surface area (Å²) in [4.78, 5) is 13.8. The number of carbonyl (C=O) groups excluding carboxylic acids is 1. The maximum absolute atomic E-state index is 12.8. The third kappa shape index (κ3) is 4.30. The van der Waals surface area contributed by atoms with Crippen molar-refractivity contribution < 1.29 is 13.9 Å². The molecule has 0 saturated heterocycles. The van der Waals surface area contributed by atoms with Crippen LogP contribution in [0.3, 0.4) is 0 Å². The van der Waals surface area contributed by atoms with Gasteiger partial charge < -0.3 is 9.15 Å². The van der Waals surface area contributed by atoms with Crippen molar-refractivity contribution >= 4 is 23.7 Å². The molecule has 0 spiro atoms. The number of hydrogen-bond acceptors (Lipinski definition) is 6. The molecular formula is C22H17N3O3S. The quantitative estimate of drug-likeness (QED) is 0.428. The summed E-state index contributed by atoms with van der Waals surface area (Å²) in [7, 11) is 0. The fourth-order valence-electron chi connectivity index (χ4n) is 2.73. The van der Waals surface area contributed by atoms with Gasteiger partial charge in [0.2, 0.25) is 0 Å². The largest absolute Gasteiger partial charge is 0.457 e. The summed E-state index contributed by atoms with van der Waals surface area (Å²) >= 11 is 1.58. The van der Waals surface area contributed by atoms with Crippen LogP contribution in [0.4, 0.5) is 6.01 Å². The van der Waals surface area contributed by atoms with E-state index in [2.05, 4.69) is 15.5 Å². The monoisotopic (exact) mass is 403 g/mol. The van der Waals surface area contributed by atoms with Crippen molar-refractivity contribution in [3.8, 4) is 23.0 Å². The van der Waals surface area contributed by atoms with E-state index in [0.717, 1.165) is 10.5 Å². The Kier molecular flexibility index (Phi) is 5.58. The molecule has 4 aromatic rings. The Hall–Kier alpha value is -3.58. The standard InChI is InChI=1S/C22H17N3O3S/c1-29-19-14-8-6-12-17(19)21-24-25-22(28-21)23-20(26)16-11-5-7-13-18(16)27-15-9-3-2-4-10-15/h2-14H,1H3,(H,23,25,26). The van der Waals surface area contributed by atoms with Gasteiger partial charge in [-0.15, -0.1) is 16.9 Å². The maximum atomic E-state index is 12.8. The van der Waals surface area contributed by atoms with Gasteiger partial charge in [0.25, 0.3) is 11.8 Å². The predicted molar refractivity (Wildman–Crippen MR) is 112 cm³/mol. The Labute approximate surface area is 171 Å². The van der Waals surface area contributed by atoms with Gasteiger partial charge in [-0.3, -0.25) is 10.1 Å². The van der Waals surface area contributed by atoms with E-state index in [9.17, 15) is 4.79 Å². The van der Waals surface area contributed by atoms with Crippen molar-refractivity contribution in [2.75, 3.05) is 11.6 Å². The maximum Gasteiger partial charge on any atom is 0.322 e. The molecule has 0 unspecified atom stereocenters. The van der Waals surface area contributed by atoms with Gasteiger partial charge in [0.05, 0.1) is 11.1 Å². The molecule has 0 fully saturated rings. The lowest BCUT2D eigenvalue weighted by molar-refractivity contribution is 0.102. The average Bonchev–Trinajstić information content (AvgIpc) is 3.23. The zero-order valence-corrected chi connectivity index (χ0v) is 16.3. The van der Waals surface area contributed by atoms with Crippen molar-refractivity contribution in [1.29, 1.82) is 0 Å². The zero-order chi connectivity index (χ0) is 20.1. The van der Waals surface area contributed by atoms with Gasteiger partial charge in [-0.05, 0) is 42.7 Å². The predicted octanol–water partition coefficient (Wildman–Crippen LogP) is 5.50. The van der Waals surface area contributed by atoms with Gasteiger partial charge in [-0.25, -0.2) is 0 Å². The van der Waals surface area contributed by atoms with Crippen molar-refractivity contribution in [2.45, 2.75) is 4.90 Å². The Morgan fingerprint density at radius 1 is 0.931 bits per heavy atom. The van der Waals surface area contributed by atoms with Crippen molar-refractivity contribution in [1.82, 2.24) is 10.2 Å². The number of amides is 1. The van der Waals surface area contributed by atoms with E-state index < -0.39 is 5.91 Å². The molecule has 1 N–H and O–H groups in total. The fraction of sp³-hybridized carbons (Fsp3) is 0.0455. The minimum atomic E-state index is -0.398. The lowest BCUT2D eigenvalue weighted by Crippen LogP contribution is -2.13. The normalized spacial score (nSPS) is 10.5. The second-order valence-corrected chi connectivity index (χ2v) is 6.83. The summed E-state index contributed by atoms with van der Waals surface area (Å²) in [6.07, 6.45) is 1.97. The van der Waals surface area contributed by atoms with E-state index in [1.54, 1.807) is 36.0 Å². The third-order valence-corrected chi connectivity index (χ3v) is 4.88. The van der Waals surface area contributed by atoms with Gasteiger partial charge in [0.1, 0.15) is 11.5 Å². The highest BCUT2D eigenvalue weighted by molar-refractivity contribution is 7.98. The number of nitrogens with zero attached hydrogens (tertiary/aromatic N) is 2. The number of ether oxygens (including phenoxy) is 1. The summed E-state index contributed by atoms with van der Waals surface area (Å²) in [6.45, 7) is 0. The van der Waals surface area contributed by atoms with E-state index in [1.807, 2.05) is 60.9 Å². The molecule has 144 valence electrons. The molecule has 1 aromatic heterocycles. The number of hydrogen-bond donors (Lipinski definition) is 1. The molecule has 0 bridgehead atoms. The second kappa shape index (κ2) is 8.62. The first kappa shape index (κ1) is 18.8. The minimum Gasteiger partial charge on any atom is -0.457 e. The van der Waals surface area contributed by atoms with Gasteiger partial charge in [0, 0.05) is 4.90 Å². The number of benzene rings is 3. The van der Waals surface area contributed by atoms with Crippen LogP contribution in [-0.4, -0.2) is 22.4 Å². The van der Waals surface area contributed by atoms with Crippen LogP contribution in [-0.2, 0) is 0 Å². The van der Waals surface area contributed by atoms with Crippen LogP contribution in [0.1, 0.15) is 10.4 Å². The molecule has 29 heavy (non-hydrogen) atoms. The number of rotatable bonds is 6. The van der Waals surface area contributed by atoms with Gasteiger partial charge >= 0.3 is 6.01 Å². The van der Waals surface area contributed by atoms with Crippen LogP contribution >= 0.6 is 11.8 Å². The molecule has 0 aliphatic rings. The lowest BCUT2D eigenvalue weighted by atomic mass is 10.2.